The van der Waals surface area contributed by atoms with E-state index in [-0.39, 0.29) is 11.6 Å². The highest BCUT2D eigenvalue weighted by atomic mass is 127. The maximum atomic E-state index is 11.5. The van der Waals surface area contributed by atoms with E-state index in [1.54, 1.807) is 16.9 Å². The molecule has 0 bridgehead atoms. The predicted molar refractivity (Wildman–Crippen MR) is 60.8 cm³/mol. The molecule has 0 fully saturated rings. The Morgan fingerprint density at radius 3 is 2.62 bits per heavy atom. The molecule has 0 saturated heterocycles. The highest BCUT2D eigenvalue weighted by molar-refractivity contribution is 14.1. The lowest BCUT2D eigenvalue weighted by molar-refractivity contribution is 0.408. The lowest BCUT2D eigenvalue weighted by Crippen LogP contribution is -2.26. The summed E-state index contributed by atoms with van der Waals surface area (Å²) in [6.45, 7) is 4.14. The van der Waals surface area contributed by atoms with Crippen molar-refractivity contribution in [1.29, 1.82) is 0 Å². The monoisotopic (exact) mass is 292 g/mol. The van der Waals surface area contributed by atoms with Gasteiger partial charge in [0.05, 0.1) is 12.2 Å². The lowest BCUT2D eigenvalue weighted by atomic mass is 10.2. The van der Waals surface area contributed by atoms with Crippen molar-refractivity contribution in [1.82, 2.24) is 9.78 Å². The summed E-state index contributed by atoms with van der Waals surface area (Å²) in [5, 5.41) is 4.12. The van der Waals surface area contributed by atoms with E-state index in [0.29, 0.717) is 0 Å². The van der Waals surface area contributed by atoms with Gasteiger partial charge in [-0.3, -0.25) is 4.79 Å². The molecule has 0 aliphatic heterocycles. The Bertz CT molecular complexity index is 331. The minimum atomic E-state index is 0.000556. The van der Waals surface area contributed by atoms with Crippen LogP contribution in [0.4, 0.5) is 0 Å². The summed E-state index contributed by atoms with van der Waals surface area (Å²) < 4.78 is 2.46. The number of hydrogen-bond donors (Lipinski definition) is 0. The number of hydrogen-bond acceptors (Lipinski definition) is 2. The summed E-state index contributed by atoms with van der Waals surface area (Å²) >= 11 is 2.09. The summed E-state index contributed by atoms with van der Waals surface area (Å²) in [5.41, 5.74) is 0.000556. The molecule has 0 aliphatic carbocycles. The van der Waals surface area contributed by atoms with Crippen LogP contribution in [0.5, 0.6) is 0 Å². The number of halogens is 1. The van der Waals surface area contributed by atoms with Gasteiger partial charge in [0, 0.05) is 9.64 Å². The SMILES string of the molecule is CCC(CC)n1ncc(I)cc1=O. The molecule has 1 rings (SSSR count). The van der Waals surface area contributed by atoms with Gasteiger partial charge in [-0.1, -0.05) is 13.8 Å². The van der Waals surface area contributed by atoms with Crippen LogP contribution in [0.15, 0.2) is 17.1 Å². The van der Waals surface area contributed by atoms with E-state index in [9.17, 15) is 4.79 Å². The van der Waals surface area contributed by atoms with Crippen LogP contribution < -0.4 is 5.56 Å². The lowest BCUT2D eigenvalue weighted by Gasteiger charge is -2.13. The van der Waals surface area contributed by atoms with Crippen LogP contribution in [0.25, 0.3) is 0 Å². The van der Waals surface area contributed by atoms with Crippen molar-refractivity contribution in [3.05, 3.63) is 26.2 Å². The van der Waals surface area contributed by atoms with Crippen molar-refractivity contribution in [3.8, 4) is 0 Å². The Morgan fingerprint density at radius 1 is 1.54 bits per heavy atom. The second-order valence-electron chi connectivity index (χ2n) is 2.93. The standard InChI is InChI=1S/C9H13IN2O/c1-3-8(4-2)12-9(13)5-7(10)6-11-12/h5-6,8H,3-4H2,1-2H3. The molecule has 0 saturated carbocycles. The van der Waals surface area contributed by atoms with Crippen molar-refractivity contribution < 1.29 is 0 Å². The Hall–Kier alpha value is -0.390. The molecule has 0 spiro atoms. The molecule has 0 amide bonds. The molecule has 0 aromatic carbocycles. The zero-order valence-corrected chi connectivity index (χ0v) is 9.98. The molecule has 4 heteroatoms. The van der Waals surface area contributed by atoms with Crippen molar-refractivity contribution in [2.24, 2.45) is 0 Å². The third-order valence-electron chi connectivity index (χ3n) is 2.08. The zero-order valence-electron chi connectivity index (χ0n) is 7.83. The van der Waals surface area contributed by atoms with Gasteiger partial charge in [0.1, 0.15) is 0 Å². The van der Waals surface area contributed by atoms with Gasteiger partial charge in [0.15, 0.2) is 0 Å². The molecule has 0 N–H and O–H groups in total. The third-order valence-corrected chi connectivity index (χ3v) is 2.67. The number of aromatic nitrogens is 2. The quantitative estimate of drug-likeness (QED) is 0.801. The molecule has 0 atom stereocenters. The number of rotatable bonds is 3. The van der Waals surface area contributed by atoms with Crippen molar-refractivity contribution >= 4 is 22.6 Å². The van der Waals surface area contributed by atoms with Gasteiger partial charge in [0.2, 0.25) is 0 Å². The molecule has 13 heavy (non-hydrogen) atoms. The summed E-state index contributed by atoms with van der Waals surface area (Å²) in [4.78, 5) is 11.5. The topological polar surface area (TPSA) is 34.9 Å². The van der Waals surface area contributed by atoms with E-state index < -0.39 is 0 Å². The Labute approximate surface area is 91.3 Å². The molecule has 1 heterocycles. The van der Waals surface area contributed by atoms with Crippen LogP contribution in [0.3, 0.4) is 0 Å². The maximum absolute atomic E-state index is 11.5. The number of nitrogens with zero attached hydrogens (tertiary/aromatic N) is 2. The highest BCUT2D eigenvalue weighted by Gasteiger charge is 2.08. The van der Waals surface area contributed by atoms with Crippen LogP contribution >= 0.6 is 22.6 Å². The first-order valence-corrected chi connectivity index (χ1v) is 5.51. The Balaban J connectivity index is 3.07. The van der Waals surface area contributed by atoms with Crippen LogP contribution in [0.2, 0.25) is 0 Å². The molecule has 0 aliphatic rings. The normalized spacial score (nSPS) is 10.8. The maximum Gasteiger partial charge on any atom is 0.268 e. The van der Waals surface area contributed by atoms with E-state index in [2.05, 4.69) is 41.5 Å². The molecule has 1 aromatic heterocycles. The molecular formula is C9H13IN2O. The van der Waals surface area contributed by atoms with Gasteiger partial charge in [-0.2, -0.15) is 5.10 Å². The van der Waals surface area contributed by atoms with Crippen LogP contribution in [-0.4, -0.2) is 9.78 Å². The zero-order chi connectivity index (χ0) is 9.84. The molecule has 3 nitrogen and oxygen atoms in total. The van der Waals surface area contributed by atoms with Gasteiger partial charge in [-0.05, 0) is 35.4 Å². The molecule has 1 aromatic rings. The van der Waals surface area contributed by atoms with Gasteiger partial charge >= 0.3 is 0 Å². The largest absolute Gasteiger partial charge is 0.268 e. The fourth-order valence-corrected chi connectivity index (χ4v) is 1.70. The highest BCUT2D eigenvalue weighted by Crippen LogP contribution is 2.11. The Morgan fingerprint density at radius 2 is 2.15 bits per heavy atom. The van der Waals surface area contributed by atoms with Crippen LogP contribution in [0, 0.1) is 3.57 Å². The average molecular weight is 292 g/mol. The average Bonchev–Trinajstić information content (AvgIpc) is 2.10. The summed E-state index contributed by atoms with van der Waals surface area (Å²) in [6, 6.07) is 1.86. The van der Waals surface area contributed by atoms with Gasteiger partial charge in [-0.15, -0.1) is 0 Å². The van der Waals surface area contributed by atoms with E-state index in [4.69, 9.17) is 0 Å². The first kappa shape index (κ1) is 10.7. The van der Waals surface area contributed by atoms with Gasteiger partial charge in [0.25, 0.3) is 5.56 Å². The van der Waals surface area contributed by atoms with E-state index in [1.165, 1.54) is 0 Å². The van der Waals surface area contributed by atoms with Gasteiger partial charge < -0.3 is 0 Å². The van der Waals surface area contributed by atoms with Crippen molar-refractivity contribution in [2.45, 2.75) is 32.7 Å². The fraction of sp³-hybridized carbons (Fsp3) is 0.556. The Kier molecular flexibility index (Phi) is 3.90. The molecule has 0 unspecified atom stereocenters. The molecule has 0 radical (unpaired) electrons. The fourth-order valence-electron chi connectivity index (χ4n) is 1.30. The summed E-state index contributed by atoms with van der Waals surface area (Å²) in [7, 11) is 0. The van der Waals surface area contributed by atoms with Crippen LogP contribution in [0.1, 0.15) is 32.7 Å². The van der Waals surface area contributed by atoms with Crippen molar-refractivity contribution in [3.63, 3.8) is 0 Å². The minimum Gasteiger partial charge on any atom is -0.268 e. The van der Waals surface area contributed by atoms with E-state index in [1.807, 2.05) is 0 Å². The second-order valence-corrected chi connectivity index (χ2v) is 4.17. The first-order chi connectivity index (χ1) is 6.19. The van der Waals surface area contributed by atoms with Crippen molar-refractivity contribution in [2.75, 3.05) is 0 Å². The minimum absolute atomic E-state index is 0.000556. The molecule has 72 valence electrons. The summed E-state index contributed by atoms with van der Waals surface area (Å²) in [5.74, 6) is 0. The first-order valence-electron chi connectivity index (χ1n) is 4.43. The summed E-state index contributed by atoms with van der Waals surface area (Å²) in [6.07, 6.45) is 3.62. The van der Waals surface area contributed by atoms with Gasteiger partial charge in [-0.25, -0.2) is 4.68 Å². The molecular weight excluding hydrogens is 279 g/mol. The van der Waals surface area contributed by atoms with Crippen LogP contribution in [-0.2, 0) is 0 Å². The van der Waals surface area contributed by atoms with E-state index >= 15 is 0 Å². The second kappa shape index (κ2) is 4.74. The smallest absolute Gasteiger partial charge is 0.268 e. The third kappa shape index (κ3) is 2.52. The van der Waals surface area contributed by atoms with E-state index in [0.717, 1.165) is 16.4 Å². The predicted octanol–water partition coefficient (Wildman–Crippen LogP) is 2.21.